The van der Waals surface area contributed by atoms with E-state index in [2.05, 4.69) is 25.4 Å². The molecule has 1 unspecified atom stereocenters. The standard InChI is InChI=1S/C25H33F2N6O7P/c1-14(2)38-21(34)15(3)32-41(36,40-17-10-8-7-9-11-17)37-12-25(27)22(35)24(5,26)23(39-25)33-13-29-18-19(28-6)30-16(4)31-20(18)33/h7-11,13-15,22-23,35H,12H2,1-6H3,(H,32,36)(H,28,30,31)/t15-,22+,23-,24-,25-,41?/m1/s1. The third-order valence-corrected chi connectivity index (χ3v) is 7.84. The summed E-state index contributed by atoms with van der Waals surface area (Å²) in [5, 5.41) is 16.0. The molecule has 13 nitrogen and oxygen atoms in total. The number of imidazole rings is 1. The van der Waals surface area contributed by atoms with Crippen LogP contribution in [0.4, 0.5) is 14.6 Å². The quantitative estimate of drug-likeness (QED) is 0.218. The van der Waals surface area contributed by atoms with Crippen LogP contribution < -0.4 is 14.9 Å². The molecule has 224 valence electrons. The van der Waals surface area contributed by atoms with Crippen molar-refractivity contribution in [3.8, 4) is 5.75 Å². The molecule has 1 saturated heterocycles. The Hall–Kier alpha value is -3.23. The molecule has 0 amide bonds. The molecule has 4 rings (SSSR count). The van der Waals surface area contributed by atoms with Gasteiger partial charge in [0.05, 0.1) is 12.4 Å². The lowest BCUT2D eigenvalue weighted by atomic mass is 9.97. The van der Waals surface area contributed by atoms with Crippen LogP contribution in [0, 0.1) is 6.92 Å². The van der Waals surface area contributed by atoms with E-state index in [1.807, 2.05) is 0 Å². The molecule has 0 spiro atoms. The van der Waals surface area contributed by atoms with Crippen LogP contribution in [-0.2, 0) is 23.4 Å². The number of aromatic nitrogens is 4. The number of hydrogen-bond acceptors (Lipinski definition) is 11. The summed E-state index contributed by atoms with van der Waals surface area (Å²) in [4.78, 5) is 25.1. The number of benzene rings is 1. The first-order valence-corrected chi connectivity index (χ1v) is 14.3. The zero-order valence-electron chi connectivity index (χ0n) is 23.4. The minimum atomic E-state index is -4.55. The van der Waals surface area contributed by atoms with Gasteiger partial charge in [0.25, 0.3) is 5.85 Å². The molecule has 16 heteroatoms. The summed E-state index contributed by atoms with van der Waals surface area (Å²) in [6.45, 7) is 5.93. The van der Waals surface area contributed by atoms with E-state index < -0.39 is 56.3 Å². The largest absolute Gasteiger partial charge is 0.462 e. The Morgan fingerprint density at radius 3 is 2.56 bits per heavy atom. The third kappa shape index (κ3) is 6.33. The summed E-state index contributed by atoms with van der Waals surface area (Å²) in [5.74, 6) is -3.23. The molecule has 0 bridgehead atoms. The van der Waals surface area contributed by atoms with E-state index in [-0.39, 0.29) is 16.9 Å². The van der Waals surface area contributed by atoms with Crippen molar-refractivity contribution in [3.05, 3.63) is 42.5 Å². The lowest BCUT2D eigenvalue weighted by molar-refractivity contribution is -0.202. The molecule has 2 aromatic heterocycles. The van der Waals surface area contributed by atoms with Crippen LogP contribution in [-0.4, -0.2) is 74.0 Å². The van der Waals surface area contributed by atoms with Crippen LogP contribution in [0.3, 0.4) is 0 Å². The number of hydrogen-bond donors (Lipinski definition) is 3. The second-order valence-electron chi connectivity index (χ2n) is 10.0. The number of aryl methyl sites for hydroxylation is 1. The van der Waals surface area contributed by atoms with E-state index in [9.17, 15) is 14.5 Å². The van der Waals surface area contributed by atoms with E-state index >= 15 is 8.78 Å². The Labute approximate surface area is 235 Å². The van der Waals surface area contributed by atoms with Crippen molar-refractivity contribution in [1.82, 2.24) is 24.6 Å². The summed E-state index contributed by atoms with van der Waals surface area (Å²) in [6, 6.07) is 6.58. The molecule has 1 fully saturated rings. The van der Waals surface area contributed by atoms with Crippen LogP contribution in [0.5, 0.6) is 5.75 Å². The zero-order chi connectivity index (χ0) is 30.2. The Bertz CT molecular complexity index is 1440. The van der Waals surface area contributed by atoms with Gasteiger partial charge in [-0.15, -0.1) is 0 Å². The highest BCUT2D eigenvalue weighted by molar-refractivity contribution is 7.52. The monoisotopic (exact) mass is 598 g/mol. The summed E-state index contributed by atoms with van der Waals surface area (Å²) >= 11 is 0. The molecule has 1 aromatic carbocycles. The van der Waals surface area contributed by atoms with Gasteiger partial charge in [0.15, 0.2) is 35.0 Å². The number of rotatable bonds is 11. The number of aliphatic hydroxyl groups is 1. The van der Waals surface area contributed by atoms with Gasteiger partial charge in [-0.3, -0.25) is 13.9 Å². The lowest BCUT2D eigenvalue weighted by Gasteiger charge is -2.28. The van der Waals surface area contributed by atoms with E-state index in [0.717, 1.165) is 11.5 Å². The Morgan fingerprint density at radius 1 is 1.24 bits per heavy atom. The second-order valence-corrected chi connectivity index (χ2v) is 11.7. The fourth-order valence-electron chi connectivity index (χ4n) is 4.24. The van der Waals surface area contributed by atoms with Crippen molar-refractivity contribution in [2.45, 2.75) is 70.6 Å². The molecule has 1 aliphatic heterocycles. The summed E-state index contributed by atoms with van der Waals surface area (Å²) in [7, 11) is -2.93. The number of aliphatic hydroxyl groups excluding tert-OH is 1. The van der Waals surface area contributed by atoms with Crippen LogP contribution in [0.25, 0.3) is 11.2 Å². The highest BCUT2D eigenvalue weighted by Crippen LogP contribution is 2.52. The average Bonchev–Trinajstić information content (AvgIpc) is 3.39. The van der Waals surface area contributed by atoms with Gasteiger partial charge in [0.1, 0.15) is 24.2 Å². The zero-order valence-corrected chi connectivity index (χ0v) is 24.3. The molecular formula is C25H33F2N6O7P. The van der Waals surface area contributed by atoms with Crippen molar-refractivity contribution in [2.24, 2.45) is 0 Å². The number of carbonyl (C=O) groups is 1. The lowest BCUT2D eigenvalue weighted by Crippen LogP contribution is -2.47. The van der Waals surface area contributed by atoms with Crippen LogP contribution >= 0.6 is 7.75 Å². The van der Waals surface area contributed by atoms with E-state index in [4.69, 9.17) is 18.5 Å². The summed E-state index contributed by atoms with van der Waals surface area (Å²) in [6.07, 6.45) is -3.43. The fraction of sp³-hybridized carbons (Fsp3) is 0.520. The topological polar surface area (TPSA) is 159 Å². The number of para-hydroxylation sites is 1. The fourth-order valence-corrected chi connectivity index (χ4v) is 5.75. The Kier molecular flexibility index (Phi) is 8.67. The van der Waals surface area contributed by atoms with Gasteiger partial charge in [-0.25, -0.2) is 28.3 Å². The van der Waals surface area contributed by atoms with Gasteiger partial charge in [-0.2, -0.15) is 5.09 Å². The minimum Gasteiger partial charge on any atom is -0.462 e. The van der Waals surface area contributed by atoms with Gasteiger partial charge in [0.2, 0.25) is 0 Å². The number of ether oxygens (including phenoxy) is 2. The van der Waals surface area contributed by atoms with Crippen molar-refractivity contribution in [1.29, 1.82) is 0 Å². The predicted octanol–water partition coefficient (Wildman–Crippen LogP) is 3.59. The van der Waals surface area contributed by atoms with Crippen molar-refractivity contribution < 1.29 is 41.8 Å². The molecular weight excluding hydrogens is 565 g/mol. The molecule has 1 aliphatic rings. The van der Waals surface area contributed by atoms with Crippen molar-refractivity contribution >= 4 is 30.7 Å². The first kappa shape index (κ1) is 30.7. The van der Waals surface area contributed by atoms with E-state index in [1.54, 1.807) is 46.0 Å². The molecule has 3 N–H and O–H groups in total. The number of anilines is 1. The average molecular weight is 599 g/mol. The normalized spacial score (nSPS) is 26.6. The van der Waals surface area contributed by atoms with Crippen LogP contribution in [0.15, 0.2) is 36.7 Å². The number of carbonyl (C=O) groups excluding carboxylic acids is 1. The van der Waals surface area contributed by atoms with E-state index in [0.29, 0.717) is 11.6 Å². The number of esters is 1. The van der Waals surface area contributed by atoms with Crippen LogP contribution in [0.2, 0.25) is 0 Å². The highest BCUT2D eigenvalue weighted by Gasteiger charge is 2.65. The van der Waals surface area contributed by atoms with Gasteiger partial charge in [-0.05, 0) is 46.8 Å². The maximum Gasteiger partial charge on any atom is 0.459 e. The maximum absolute atomic E-state index is 16.2. The third-order valence-electron chi connectivity index (χ3n) is 6.21. The SMILES string of the molecule is CNc1nc(C)nc2c1ncn2[C@@H]1O[C@](F)(COP(=O)(N[C@H](C)C(=O)OC(C)C)Oc2ccccc2)[C@@H](O)[C@@]1(C)F. The Morgan fingerprint density at radius 2 is 1.93 bits per heavy atom. The summed E-state index contributed by atoms with van der Waals surface area (Å²) in [5.41, 5.74) is -2.33. The molecule has 0 radical (unpaired) electrons. The number of nitrogens with zero attached hydrogens (tertiary/aromatic N) is 4. The first-order valence-electron chi connectivity index (χ1n) is 12.8. The van der Waals surface area contributed by atoms with Crippen molar-refractivity contribution in [3.63, 3.8) is 0 Å². The van der Waals surface area contributed by atoms with Gasteiger partial charge < -0.3 is 24.4 Å². The number of nitrogens with one attached hydrogen (secondary N) is 2. The minimum absolute atomic E-state index is 0.0713. The molecule has 0 aliphatic carbocycles. The predicted molar refractivity (Wildman–Crippen MR) is 144 cm³/mol. The molecule has 6 atom stereocenters. The van der Waals surface area contributed by atoms with Gasteiger partial charge in [-0.1, -0.05) is 18.2 Å². The van der Waals surface area contributed by atoms with Gasteiger partial charge in [0, 0.05) is 7.05 Å². The summed E-state index contributed by atoms with van der Waals surface area (Å²) < 4.78 is 68.4. The van der Waals surface area contributed by atoms with Crippen LogP contribution in [0.1, 0.15) is 39.7 Å². The molecule has 3 aromatic rings. The first-order chi connectivity index (χ1) is 19.2. The van der Waals surface area contributed by atoms with E-state index in [1.165, 1.54) is 25.4 Å². The Balaban J connectivity index is 1.61. The number of fused-ring (bicyclic) bond motifs is 1. The maximum atomic E-state index is 16.2. The number of alkyl halides is 2. The van der Waals surface area contributed by atoms with Gasteiger partial charge >= 0.3 is 13.7 Å². The highest BCUT2D eigenvalue weighted by atomic mass is 31.2. The molecule has 3 heterocycles. The molecule has 0 saturated carbocycles. The second kappa shape index (κ2) is 11.6. The van der Waals surface area contributed by atoms with Crippen molar-refractivity contribution in [2.75, 3.05) is 19.0 Å². The smallest absolute Gasteiger partial charge is 0.459 e. The number of halogens is 2. The molecule has 41 heavy (non-hydrogen) atoms.